The molecular weight excluding hydrogens is 629 g/mol. The van der Waals surface area contributed by atoms with Crippen LogP contribution < -0.4 is 4.90 Å². The van der Waals surface area contributed by atoms with Crippen molar-refractivity contribution < 1.29 is 0 Å². The molecular formula is C50H34N2. The molecule has 0 saturated carbocycles. The summed E-state index contributed by atoms with van der Waals surface area (Å²) >= 11 is 0. The van der Waals surface area contributed by atoms with Crippen LogP contribution in [0.25, 0.3) is 71.3 Å². The summed E-state index contributed by atoms with van der Waals surface area (Å²) in [5.74, 6) is 0. The molecule has 0 atom stereocenters. The first-order valence-corrected chi connectivity index (χ1v) is 17.9. The normalized spacial score (nSPS) is 11.5. The number of aromatic nitrogens is 1. The Morgan fingerprint density at radius 1 is 0.327 bits per heavy atom. The lowest BCUT2D eigenvalue weighted by Gasteiger charge is -2.27. The average Bonchev–Trinajstić information content (AvgIpc) is 3.55. The average molecular weight is 663 g/mol. The highest BCUT2D eigenvalue weighted by Crippen LogP contribution is 2.41. The van der Waals surface area contributed by atoms with Crippen molar-refractivity contribution in [1.82, 2.24) is 4.57 Å². The largest absolute Gasteiger partial charge is 0.310 e. The number of benzene rings is 9. The van der Waals surface area contributed by atoms with E-state index in [4.69, 9.17) is 0 Å². The molecule has 0 aliphatic carbocycles. The van der Waals surface area contributed by atoms with Crippen molar-refractivity contribution in [2.24, 2.45) is 0 Å². The van der Waals surface area contributed by atoms with Crippen LogP contribution >= 0.6 is 0 Å². The Kier molecular flexibility index (Phi) is 7.18. The second-order valence-electron chi connectivity index (χ2n) is 13.4. The molecule has 0 saturated heterocycles. The van der Waals surface area contributed by atoms with E-state index in [0.717, 1.165) is 17.1 Å². The maximum absolute atomic E-state index is 2.38. The molecule has 0 radical (unpaired) electrons. The standard InChI is InChI=1S/C50H34N2/c1-2-16-40(17-3-1)52-49-22-9-8-20-46(49)47-34-39(28-33-50(47)52)35-24-29-41(30-25-35)51(48-23-11-15-37-13-5-7-19-45(37)48)42-31-26-38(27-32-42)44-21-10-14-36-12-4-6-18-43(36)44/h1-34H. The molecule has 1 heterocycles. The van der Waals surface area contributed by atoms with Crippen LogP contribution in [-0.2, 0) is 0 Å². The molecule has 9 aromatic carbocycles. The zero-order valence-electron chi connectivity index (χ0n) is 28.5. The molecule has 0 amide bonds. The van der Waals surface area contributed by atoms with Gasteiger partial charge in [0.2, 0.25) is 0 Å². The van der Waals surface area contributed by atoms with Crippen molar-refractivity contribution in [2.75, 3.05) is 4.90 Å². The first-order valence-electron chi connectivity index (χ1n) is 17.9. The minimum atomic E-state index is 1.11. The molecule has 10 aromatic rings. The molecule has 2 nitrogen and oxygen atoms in total. The summed E-state index contributed by atoms with van der Waals surface area (Å²) < 4.78 is 2.37. The van der Waals surface area contributed by atoms with Crippen molar-refractivity contribution in [3.63, 3.8) is 0 Å². The van der Waals surface area contributed by atoms with E-state index in [2.05, 4.69) is 216 Å². The quantitative estimate of drug-likeness (QED) is 0.172. The van der Waals surface area contributed by atoms with Gasteiger partial charge in [0.15, 0.2) is 0 Å². The van der Waals surface area contributed by atoms with Crippen molar-refractivity contribution in [3.8, 4) is 27.9 Å². The monoisotopic (exact) mass is 662 g/mol. The van der Waals surface area contributed by atoms with Crippen LogP contribution in [0.2, 0.25) is 0 Å². The fraction of sp³-hybridized carbons (Fsp3) is 0. The van der Waals surface area contributed by atoms with E-state index >= 15 is 0 Å². The smallest absolute Gasteiger partial charge is 0.0541 e. The van der Waals surface area contributed by atoms with Gasteiger partial charge in [-0.3, -0.25) is 0 Å². The fourth-order valence-electron chi connectivity index (χ4n) is 7.91. The van der Waals surface area contributed by atoms with Crippen LogP contribution in [0.1, 0.15) is 0 Å². The van der Waals surface area contributed by atoms with Crippen molar-refractivity contribution in [3.05, 3.63) is 206 Å². The Morgan fingerprint density at radius 3 is 1.62 bits per heavy atom. The second-order valence-corrected chi connectivity index (χ2v) is 13.4. The number of rotatable bonds is 6. The van der Waals surface area contributed by atoms with Crippen LogP contribution in [0.4, 0.5) is 17.1 Å². The highest BCUT2D eigenvalue weighted by molar-refractivity contribution is 6.10. The van der Waals surface area contributed by atoms with Gasteiger partial charge in [0, 0.05) is 33.2 Å². The molecule has 0 N–H and O–H groups in total. The van der Waals surface area contributed by atoms with Crippen LogP contribution in [0.5, 0.6) is 0 Å². The van der Waals surface area contributed by atoms with E-state index in [1.165, 1.54) is 71.3 Å². The first kappa shape index (κ1) is 30.0. The maximum atomic E-state index is 2.38. The summed E-state index contributed by atoms with van der Waals surface area (Å²) in [7, 11) is 0. The Labute approximate surface area is 303 Å². The minimum absolute atomic E-state index is 1.11. The molecule has 0 fully saturated rings. The topological polar surface area (TPSA) is 8.17 Å². The molecule has 0 spiro atoms. The van der Waals surface area contributed by atoms with Crippen LogP contribution in [0.15, 0.2) is 206 Å². The molecule has 52 heavy (non-hydrogen) atoms. The second kappa shape index (κ2) is 12.5. The van der Waals surface area contributed by atoms with Gasteiger partial charge in [0.05, 0.1) is 16.7 Å². The highest BCUT2D eigenvalue weighted by Gasteiger charge is 2.17. The first-order chi connectivity index (χ1) is 25.8. The van der Waals surface area contributed by atoms with Crippen LogP contribution in [0.3, 0.4) is 0 Å². The van der Waals surface area contributed by atoms with Crippen LogP contribution in [0, 0.1) is 0 Å². The van der Waals surface area contributed by atoms with E-state index in [-0.39, 0.29) is 0 Å². The van der Waals surface area contributed by atoms with Gasteiger partial charge in [0.1, 0.15) is 0 Å². The van der Waals surface area contributed by atoms with E-state index < -0.39 is 0 Å². The van der Waals surface area contributed by atoms with Gasteiger partial charge in [-0.1, -0.05) is 146 Å². The van der Waals surface area contributed by atoms with Crippen molar-refractivity contribution in [1.29, 1.82) is 0 Å². The number of para-hydroxylation sites is 2. The van der Waals surface area contributed by atoms with Gasteiger partial charge >= 0.3 is 0 Å². The molecule has 0 unspecified atom stereocenters. The zero-order chi connectivity index (χ0) is 34.4. The summed E-state index contributed by atoms with van der Waals surface area (Å²) in [6.45, 7) is 0. The van der Waals surface area contributed by atoms with Gasteiger partial charge in [-0.25, -0.2) is 0 Å². The highest BCUT2D eigenvalue weighted by atomic mass is 15.1. The summed E-state index contributed by atoms with van der Waals surface area (Å²) in [4.78, 5) is 2.38. The predicted octanol–water partition coefficient (Wildman–Crippen LogP) is 13.9. The summed E-state index contributed by atoms with van der Waals surface area (Å²) in [5, 5.41) is 7.47. The molecule has 0 bridgehead atoms. The van der Waals surface area contributed by atoms with Gasteiger partial charge in [-0.15, -0.1) is 0 Å². The third-order valence-electron chi connectivity index (χ3n) is 10.4. The lowest BCUT2D eigenvalue weighted by molar-refractivity contribution is 1.18. The number of hydrogen-bond donors (Lipinski definition) is 0. The van der Waals surface area contributed by atoms with Crippen molar-refractivity contribution >= 4 is 60.4 Å². The number of fused-ring (bicyclic) bond motifs is 5. The Morgan fingerprint density at radius 2 is 0.865 bits per heavy atom. The molecule has 10 rings (SSSR count). The van der Waals surface area contributed by atoms with Crippen LogP contribution in [-0.4, -0.2) is 4.57 Å². The molecule has 0 aliphatic rings. The Balaban J connectivity index is 1.07. The van der Waals surface area contributed by atoms with Gasteiger partial charge in [0.25, 0.3) is 0 Å². The third kappa shape index (κ3) is 5.04. The predicted molar refractivity (Wildman–Crippen MR) is 221 cm³/mol. The summed E-state index contributed by atoms with van der Waals surface area (Å²) in [6.07, 6.45) is 0. The number of nitrogens with zero attached hydrogens (tertiary/aromatic N) is 2. The SMILES string of the molecule is c1ccc(-n2c3ccccc3c3cc(-c4ccc(N(c5ccc(-c6cccc7ccccc67)cc5)c5cccc6ccccc56)cc4)ccc32)cc1. The van der Waals surface area contributed by atoms with E-state index in [1.807, 2.05) is 0 Å². The van der Waals surface area contributed by atoms with E-state index in [9.17, 15) is 0 Å². The molecule has 2 heteroatoms. The Bertz CT molecular complexity index is 2870. The Hall–Kier alpha value is -6.90. The molecule has 1 aromatic heterocycles. The van der Waals surface area contributed by atoms with E-state index in [1.54, 1.807) is 0 Å². The summed E-state index contributed by atoms with van der Waals surface area (Å²) in [6, 6.07) is 74.6. The maximum Gasteiger partial charge on any atom is 0.0541 e. The lowest BCUT2D eigenvalue weighted by atomic mass is 9.98. The third-order valence-corrected chi connectivity index (χ3v) is 10.4. The number of hydrogen-bond acceptors (Lipinski definition) is 1. The lowest BCUT2D eigenvalue weighted by Crippen LogP contribution is -2.10. The van der Waals surface area contributed by atoms with Gasteiger partial charge in [-0.05, 0) is 99.1 Å². The fourth-order valence-corrected chi connectivity index (χ4v) is 7.91. The summed E-state index contributed by atoms with van der Waals surface area (Å²) in [5.41, 5.74) is 11.8. The van der Waals surface area contributed by atoms with E-state index in [0.29, 0.717) is 0 Å². The van der Waals surface area contributed by atoms with Gasteiger partial charge in [-0.2, -0.15) is 0 Å². The number of anilines is 3. The zero-order valence-corrected chi connectivity index (χ0v) is 28.5. The minimum Gasteiger partial charge on any atom is -0.310 e. The molecule has 244 valence electrons. The van der Waals surface area contributed by atoms with Gasteiger partial charge < -0.3 is 9.47 Å². The molecule has 0 aliphatic heterocycles. The van der Waals surface area contributed by atoms with Crippen molar-refractivity contribution in [2.45, 2.75) is 0 Å².